The average Bonchev–Trinajstić information content (AvgIpc) is 3.08. The van der Waals surface area contributed by atoms with Gasteiger partial charge in [0.1, 0.15) is 5.52 Å². The Morgan fingerprint density at radius 1 is 1.00 bits per heavy atom. The maximum Gasteiger partial charge on any atom is 0.228 e. The Bertz CT molecular complexity index is 1030. The molecule has 0 aliphatic rings. The maximum atomic E-state index is 12.4. The fraction of sp³-hybridized carbons (Fsp3) is 0.0909. The predicted molar refractivity (Wildman–Crippen MR) is 103 cm³/mol. The zero-order valence-electron chi connectivity index (χ0n) is 14.4. The molecule has 0 unspecified atom stereocenters. The zero-order valence-corrected chi connectivity index (χ0v) is 14.4. The van der Waals surface area contributed by atoms with Crippen LogP contribution in [0.25, 0.3) is 22.6 Å². The largest absolute Gasteiger partial charge is 0.436 e. The Morgan fingerprint density at radius 3 is 2.58 bits per heavy atom. The van der Waals surface area contributed by atoms with E-state index in [1.165, 1.54) is 0 Å². The smallest absolute Gasteiger partial charge is 0.228 e. The Labute approximate surface area is 151 Å². The van der Waals surface area contributed by atoms with E-state index in [0.717, 1.165) is 33.5 Å². The predicted octanol–water partition coefficient (Wildman–Crippen LogP) is 4.98. The van der Waals surface area contributed by atoms with Crippen molar-refractivity contribution in [1.29, 1.82) is 0 Å². The van der Waals surface area contributed by atoms with Crippen LogP contribution in [0, 0.1) is 6.92 Å². The van der Waals surface area contributed by atoms with Crippen LogP contribution in [0.1, 0.15) is 11.1 Å². The SMILES string of the molecule is Cc1ccc(-c2nc3ccccc3o2)cc1NC(=O)Cc1ccccc1. The topological polar surface area (TPSA) is 55.1 Å². The van der Waals surface area contributed by atoms with Gasteiger partial charge in [0.25, 0.3) is 0 Å². The summed E-state index contributed by atoms with van der Waals surface area (Å²) in [7, 11) is 0. The third kappa shape index (κ3) is 3.35. The van der Waals surface area contributed by atoms with Gasteiger partial charge in [-0.2, -0.15) is 0 Å². The van der Waals surface area contributed by atoms with E-state index in [1.807, 2.05) is 79.7 Å². The van der Waals surface area contributed by atoms with Crippen molar-refractivity contribution in [2.24, 2.45) is 0 Å². The van der Waals surface area contributed by atoms with Crippen molar-refractivity contribution in [3.8, 4) is 11.5 Å². The van der Waals surface area contributed by atoms with Gasteiger partial charge in [-0.25, -0.2) is 4.98 Å². The highest BCUT2D eigenvalue weighted by atomic mass is 16.3. The first kappa shape index (κ1) is 16.1. The van der Waals surface area contributed by atoms with E-state index in [2.05, 4.69) is 10.3 Å². The molecule has 0 saturated carbocycles. The highest BCUT2D eigenvalue weighted by molar-refractivity contribution is 5.93. The van der Waals surface area contributed by atoms with Gasteiger partial charge in [-0.3, -0.25) is 4.79 Å². The van der Waals surface area contributed by atoms with E-state index in [-0.39, 0.29) is 5.91 Å². The number of amides is 1. The molecule has 128 valence electrons. The molecule has 4 aromatic rings. The minimum Gasteiger partial charge on any atom is -0.436 e. The Morgan fingerprint density at radius 2 is 1.77 bits per heavy atom. The number of para-hydroxylation sites is 2. The number of aryl methyl sites for hydroxylation is 1. The molecule has 0 atom stereocenters. The van der Waals surface area contributed by atoms with Crippen LogP contribution in [-0.2, 0) is 11.2 Å². The van der Waals surface area contributed by atoms with Crippen molar-refractivity contribution in [2.45, 2.75) is 13.3 Å². The average molecular weight is 342 g/mol. The summed E-state index contributed by atoms with van der Waals surface area (Å²) in [6.45, 7) is 1.97. The Kier molecular flexibility index (Phi) is 4.23. The van der Waals surface area contributed by atoms with Gasteiger partial charge in [-0.05, 0) is 42.3 Å². The monoisotopic (exact) mass is 342 g/mol. The van der Waals surface area contributed by atoms with Crippen molar-refractivity contribution >= 4 is 22.7 Å². The number of nitrogens with zero attached hydrogens (tertiary/aromatic N) is 1. The molecule has 1 heterocycles. The number of oxazole rings is 1. The molecule has 0 spiro atoms. The van der Waals surface area contributed by atoms with E-state index in [4.69, 9.17) is 4.42 Å². The summed E-state index contributed by atoms with van der Waals surface area (Å²) in [5.41, 5.74) is 5.15. The Balaban J connectivity index is 1.59. The van der Waals surface area contributed by atoms with E-state index in [1.54, 1.807) is 0 Å². The normalized spacial score (nSPS) is 10.8. The highest BCUT2D eigenvalue weighted by Gasteiger charge is 2.11. The van der Waals surface area contributed by atoms with Crippen LogP contribution in [0.4, 0.5) is 5.69 Å². The Hall–Kier alpha value is -3.40. The molecule has 0 saturated heterocycles. The number of nitrogens with one attached hydrogen (secondary N) is 1. The molecule has 4 heteroatoms. The number of benzene rings is 3. The highest BCUT2D eigenvalue weighted by Crippen LogP contribution is 2.28. The summed E-state index contributed by atoms with van der Waals surface area (Å²) < 4.78 is 5.83. The summed E-state index contributed by atoms with van der Waals surface area (Å²) in [6, 6.07) is 23.2. The third-order valence-electron chi connectivity index (χ3n) is 4.26. The number of fused-ring (bicyclic) bond motifs is 1. The minimum atomic E-state index is -0.0472. The fourth-order valence-corrected chi connectivity index (χ4v) is 2.86. The van der Waals surface area contributed by atoms with Crippen molar-refractivity contribution < 1.29 is 9.21 Å². The molecule has 1 amide bonds. The van der Waals surface area contributed by atoms with Gasteiger partial charge >= 0.3 is 0 Å². The standard InChI is InChI=1S/C22H18N2O2/c1-15-11-12-17(22-24-18-9-5-6-10-20(18)26-22)14-19(15)23-21(25)13-16-7-3-2-4-8-16/h2-12,14H,13H2,1H3,(H,23,25). The second-order valence-electron chi connectivity index (χ2n) is 6.23. The number of anilines is 1. The molecule has 3 aromatic carbocycles. The summed E-state index contributed by atoms with van der Waals surface area (Å²) >= 11 is 0. The molecule has 0 bridgehead atoms. The number of carbonyl (C=O) groups excluding carboxylic acids is 1. The van der Waals surface area contributed by atoms with Gasteiger partial charge in [-0.1, -0.05) is 48.5 Å². The van der Waals surface area contributed by atoms with Crippen molar-refractivity contribution in [3.05, 3.63) is 83.9 Å². The summed E-state index contributed by atoms with van der Waals surface area (Å²) in [4.78, 5) is 16.9. The van der Waals surface area contributed by atoms with Crippen LogP contribution in [0.5, 0.6) is 0 Å². The maximum absolute atomic E-state index is 12.4. The number of carbonyl (C=O) groups is 1. The van der Waals surface area contributed by atoms with Crippen LogP contribution in [0.3, 0.4) is 0 Å². The zero-order chi connectivity index (χ0) is 17.9. The molecule has 1 aromatic heterocycles. The second-order valence-corrected chi connectivity index (χ2v) is 6.23. The lowest BCUT2D eigenvalue weighted by molar-refractivity contribution is -0.115. The van der Waals surface area contributed by atoms with E-state index in [0.29, 0.717) is 12.3 Å². The van der Waals surface area contributed by atoms with Gasteiger partial charge in [0.05, 0.1) is 6.42 Å². The third-order valence-corrected chi connectivity index (χ3v) is 4.26. The molecule has 4 rings (SSSR count). The first-order chi connectivity index (χ1) is 12.7. The van der Waals surface area contributed by atoms with Crippen molar-refractivity contribution in [2.75, 3.05) is 5.32 Å². The quantitative estimate of drug-likeness (QED) is 0.569. The molecule has 4 nitrogen and oxygen atoms in total. The summed E-state index contributed by atoms with van der Waals surface area (Å²) in [5.74, 6) is 0.499. The molecule has 26 heavy (non-hydrogen) atoms. The van der Waals surface area contributed by atoms with Crippen LogP contribution in [-0.4, -0.2) is 10.9 Å². The van der Waals surface area contributed by atoms with Crippen LogP contribution in [0.2, 0.25) is 0 Å². The van der Waals surface area contributed by atoms with Gasteiger partial charge in [0.2, 0.25) is 11.8 Å². The van der Waals surface area contributed by atoms with E-state index >= 15 is 0 Å². The van der Waals surface area contributed by atoms with Crippen LogP contribution < -0.4 is 5.32 Å². The van der Waals surface area contributed by atoms with Crippen LogP contribution in [0.15, 0.2) is 77.2 Å². The number of hydrogen-bond donors (Lipinski definition) is 1. The number of rotatable bonds is 4. The van der Waals surface area contributed by atoms with Crippen molar-refractivity contribution in [3.63, 3.8) is 0 Å². The summed E-state index contributed by atoms with van der Waals surface area (Å²) in [6.07, 6.45) is 0.341. The summed E-state index contributed by atoms with van der Waals surface area (Å²) in [5, 5.41) is 2.99. The van der Waals surface area contributed by atoms with Gasteiger partial charge < -0.3 is 9.73 Å². The van der Waals surface area contributed by atoms with Crippen LogP contribution >= 0.6 is 0 Å². The molecular formula is C22H18N2O2. The first-order valence-corrected chi connectivity index (χ1v) is 8.49. The van der Waals surface area contributed by atoms with Gasteiger partial charge in [0.15, 0.2) is 5.58 Å². The molecule has 0 aliphatic heterocycles. The second kappa shape index (κ2) is 6.84. The molecule has 0 radical (unpaired) electrons. The minimum absolute atomic E-state index is 0.0472. The van der Waals surface area contributed by atoms with E-state index < -0.39 is 0 Å². The first-order valence-electron chi connectivity index (χ1n) is 8.49. The molecular weight excluding hydrogens is 324 g/mol. The lowest BCUT2D eigenvalue weighted by Crippen LogP contribution is -2.15. The molecule has 0 fully saturated rings. The fourth-order valence-electron chi connectivity index (χ4n) is 2.86. The van der Waals surface area contributed by atoms with Gasteiger partial charge in [0, 0.05) is 11.3 Å². The molecule has 1 N–H and O–H groups in total. The lowest BCUT2D eigenvalue weighted by Gasteiger charge is -2.10. The number of hydrogen-bond acceptors (Lipinski definition) is 3. The number of aromatic nitrogens is 1. The lowest BCUT2D eigenvalue weighted by atomic mass is 10.1. The molecule has 0 aliphatic carbocycles. The van der Waals surface area contributed by atoms with Gasteiger partial charge in [-0.15, -0.1) is 0 Å². The van der Waals surface area contributed by atoms with E-state index in [9.17, 15) is 4.79 Å². The van der Waals surface area contributed by atoms with Crippen molar-refractivity contribution in [1.82, 2.24) is 4.98 Å².